The molecule has 5 heteroatoms. The summed E-state index contributed by atoms with van der Waals surface area (Å²) in [6, 6.07) is 6.35. The maximum absolute atomic E-state index is 13.0. The normalized spacial score (nSPS) is 18.2. The lowest BCUT2D eigenvalue weighted by Crippen LogP contribution is -2.43. The molecule has 1 atom stereocenters. The largest absolute Gasteiger partial charge is 0.376 e. The summed E-state index contributed by atoms with van der Waals surface area (Å²) in [5.41, 5.74) is 1.82. The minimum Gasteiger partial charge on any atom is -0.376 e. The number of ether oxygens (including phenoxy) is 1. The van der Waals surface area contributed by atoms with Crippen LogP contribution >= 0.6 is 11.3 Å². The van der Waals surface area contributed by atoms with Gasteiger partial charge in [0.25, 0.3) is 0 Å². The summed E-state index contributed by atoms with van der Waals surface area (Å²) >= 11 is 1.60. The highest BCUT2D eigenvalue weighted by Gasteiger charge is 2.32. The van der Waals surface area contributed by atoms with Crippen molar-refractivity contribution < 1.29 is 9.53 Å². The second-order valence-electron chi connectivity index (χ2n) is 7.45. The first-order valence-electron chi connectivity index (χ1n) is 8.71. The van der Waals surface area contributed by atoms with Crippen LogP contribution in [0.1, 0.15) is 46.1 Å². The van der Waals surface area contributed by atoms with Crippen molar-refractivity contribution in [1.82, 2.24) is 4.98 Å². The monoisotopic (exact) mass is 346 g/mol. The third kappa shape index (κ3) is 3.62. The van der Waals surface area contributed by atoms with Crippen molar-refractivity contribution in [3.8, 4) is 0 Å². The number of rotatable bonds is 4. The molecule has 1 aromatic heterocycles. The van der Waals surface area contributed by atoms with Gasteiger partial charge in [0.15, 0.2) is 5.13 Å². The Kier molecular flexibility index (Phi) is 4.92. The zero-order valence-electron chi connectivity index (χ0n) is 15.0. The molecule has 1 aliphatic heterocycles. The van der Waals surface area contributed by atoms with Crippen molar-refractivity contribution in [2.45, 2.75) is 53.1 Å². The van der Waals surface area contributed by atoms with E-state index in [4.69, 9.17) is 9.72 Å². The Bertz CT molecular complexity index is 727. The number of thiazole rings is 1. The van der Waals surface area contributed by atoms with E-state index in [0.717, 1.165) is 41.2 Å². The molecule has 3 rings (SSSR count). The fourth-order valence-corrected chi connectivity index (χ4v) is 3.97. The Labute approximate surface area is 147 Å². The van der Waals surface area contributed by atoms with Crippen LogP contribution in [0, 0.1) is 5.41 Å². The first-order chi connectivity index (χ1) is 11.4. The number of hydrogen-bond acceptors (Lipinski definition) is 4. The van der Waals surface area contributed by atoms with Crippen molar-refractivity contribution in [2.75, 3.05) is 18.1 Å². The van der Waals surface area contributed by atoms with Crippen molar-refractivity contribution in [3.63, 3.8) is 0 Å². The summed E-state index contributed by atoms with van der Waals surface area (Å²) in [6.07, 6.45) is 3.21. The van der Waals surface area contributed by atoms with E-state index in [1.807, 2.05) is 25.7 Å². The van der Waals surface area contributed by atoms with E-state index in [-0.39, 0.29) is 12.0 Å². The lowest BCUT2D eigenvalue weighted by atomic mass is 9.94. The smallest absolute Gasteiger partial charge is 0.234 e. The SMILES string of the molecule is CCc1ccc2nc(N(CC3CCCO3)C(=O)C(C)(C)C)sc2c1. The van der Waals surface area contributed by atoms with Crippen LogP contribution < -0.4 is 4.90 Å². The fraction of sp³-hybridized carbons (Fsp3) is 0.579. The van der Waals surface area contributed by atoms with Gasteiger partial charge in [-0.25, -0.2) is 4.98 Å². The predicted molar refractivity (Wildman–Crippen MR) is 99.8 cm³/mol. The molecule has 0 spiro atoms. The molecular formula is C19H26N2O2S. The maximum atomic E-state index is 13.0. The molecule has 0 aliphatic carbocycles. The van der Waals surface area contributed by atoms with Crippen LogP contribution in [-0.2, 0) is 16.0 Å². The Morgan fingerprint density at radius 3 is 2.83 bits per heavy atom. The van der Waals surface area contributed by atoms with Crippen LogP contribution in [0.3, 0.4) is 0 Å². The van der Waals surface area contributed by atoms with Crippen molar-refractivity contribution in [3.05, 3.63) is 23.8 Å². The van der Waals surface area contributed by atoms with Crippen molar-refractivity contribution in [2.24, 2.45) is 5.41 Å². The average molecular weight is 346 g/mol. The van der Waals surface area contributed by atoms with Gasteiger partial charge >= 0.3 is 0 Å². The van der Waals surface area contributed by atoms with E-state index in [0.29, 0.717) is 6.54 Å². The number of fused-ring (bicyclic) bond motifs is 1. The summed E-state index contributed by atoms with van der Waals surface area (Å²) in [5.74, 6) is 0.104. The topological polar surface area (TPSA) is 42.4 Å². The lowest BCUT2D eigenvalue weighted by Gasteiger charge is -2.29. The molecule has 1 unspecified atom stereocenters. The van der Waals surface area contributed by atoms with Gasteiger partial charge in [0.2, 0.25) is 5.91 Å². The molecule has 1 aliphatic rings. The first-order valence-corrected chi connectivity index (χ1v) is 9.53. The molecule has 0 bridgehead atoms. The van der Waals surface area contributed by atoms with Gasteiger partial charge in [-0.15, -0.1) is 0 Å². The quantitative estimate of drug-likeness (QED) is 0.823. The van der Waals surface area contributed by atoms with E-state index in [1.54, 1.807) is 11.3 Å². The molecule has 0 N–H and O–H groups in total. The van der Waals surface area contributed by atoms with Crippen LogP contribution in [0.4, 0.5) is 5.13 Å². The van der Waals surface area contributed by atoms with E-state index in [9.17, 15) is 4.79 Å². The van der Waals surface area contributed by atoms with Gasteiger partial charge in [-0.3, -0.25) is 9.69 Å². The van der Waals surface area contributed by atoms with Gasteiger partial charge < -0.3 is 4.74 Å². The summed E-state index contributed by atoms with van der Waals surface area (Å²) < 4.78 is 6.90. The standard InChI is InChI=1S/C19H26N2O2S/c1-5-13-8-9-15-16(11-13)24-18(20-15)21(17(22)19(2,3)4)12-14-7-6-10-23-14/h8-9,11,14H,5-7,10,12H2,1-4H3. The molecule has 0 saturated carbocycles. The number of aromatic nitrogens is 1. The van der Waals surface area contributed by atoms with E-state index < -0.39 is 5.41 Å². The number of benzene rings is 1. The second-order valence-corrected chi connectivity index (χ2v) is 8.46. The Morgan fingerprint density at radius 2 is 2.21 bits per heavy atom. The number of anilines is 1. The molecule has 24 heavy (non-hydrogen) atoms. The van der Waals surface area contributed by atoms with Crippen LogP contribution in [0.15, 0.2) is 18.2 Å². The van der Waals surface area contributed by atoms with Crippen molar-refractivity contribution in [1.29, 1.82) is 0 Å². The summed E-state index contributed by atoms with van der Waals surface area (Å²) in [5, 5.41) is 0.786. The highest BCUT2D eigenvalue weighted by Crippen LogP contribution is 2.33. The van der Waals surface area contributed by atoms with Gasteiger partial charge in [0.1, 0.15) is 0 Å². The van der Waals surface area contributed by atoms with E-state index >= 15 is 0 Å². The van der Waals surface area contributed by atoms with Gasteiger partial charge in [-0.2, -0.15) is 0 Å². The molecule has 1 saturated heterocycles. The van der Waals surface area contributed by atoms with Gasteiger partial charge in [-0.05, 0) is 37.0 Å². The summed E-state index contributed by atoms with van der Waals surface area (Å²) in [7, 11) is 0. The lowest BCUT2D eigenvalue weighted by molar-refractivity contribution is -0.126. The third-order valence-corrected chi connectivity index (χ3v) is 5.42. The van der Waals surface area contributed by atoms with E-state index in [1.165, 1.54) is 5.56 Å². The number of carbonyl (C=O) groups excluding carboxylic acids is 1. The van der Waals surface area contributed by atoms with Crippen molar-refractivity contribution >= 4 is 32.6 Å². The first kappa shape index (κ1) is 17.4. The minimum atomic E-state index is -0.439. The molecule has 1 amide bonds. The molecule has 2 heterocycles. The number of aryl methyl sites for hydroxylation is 1. The predicted octanol–water partition coefficient (Wildman–Crippen LogP) is 4.42. The second kappa shape index (κ2) is 6.81. The number of amides is 1. The average Bonchev–Trinajstić information content (AvgIpc) is 3.19. The number of hydrogen-bond donors (Lipinski definition) is 0. The van der Waals surface area contributed by atoms with Gasteiger partial charge in [-0.1, -0.05) is 45.1 Å². The van der Waals surface area contributed by atoms with E-state index in [2.05, 4.69) is 25.1 Å². The maximum Gasteiger partial charge on any atom is 0.234 e. The van der Waals surface area contributed by atoms with Crippen LogP contribution in [0.5, 0.6) is 0 Å². The fourth-order valence-electron chi connectivity index (χ4n) is 2.94. The highest BCUT2D eigenvalue weighted by atomic mass is 32.1. The molecule has 1 aromatic carbocycles. The highest BCUT2D eigenvalue weighted by molar-refractivity contribution is 7.22. The Hall–Kier alpha value is -1.46. The molecular weight excluding hydrogens is 320 g/mol. The Balaban J connectivity index is 1.95. The van der Waals surface area contributed by atoms with Crippen LogP contribution in [0.25, 0.3) is 10.2 Å². The third-order valence-electron chi connectivity index (χ3n) is 4.38. The summed E-state index contributed by atoms with van der Waals surface area (Å²) in [4.78, 5) is 19.6. The molecule has 1 fully saturated rings. The van der Waals surface area contributed by atoms with Crippen LogP contribution in [0.2, 0.25) is 0 Å². The van der Waals surface area contributed by atoms with Crippen LogP contribution in [-0.4, -0.2) is 30.1 Å². The number of carbonyl (C=O) groups is 1. The summed E-state index contributed by atoms with van der Waals surface area (Å²) in [6.45, 7) is 9.41. The zero-order chi connectivity index (χ0) is 17.3. The Morgan fingerprint density at radius 1 is 1.42 bits per heavy atom. The number of nitrogens with zero attached hydrogens (tertiary/aromatic N) is 2. The minimum absolute atomic E-state index is 0.104. The molecule has 2 aromatic rings. The zero-order valence-corrected chi connectivity index (χ0v) is 15.8. The van der Waals surface area contributed by atoms with Gasteiger partial charge in [0.05, 0.1) is 22.9 Å². The molecule has 0 radical (unpaired) electrons. The molecule has 130 valence electrons. The van der Waals surface area contributed by atoms with Gasteiger partial charge in [0, 0.05) is 12.0 Å². The molecule has 4 nitrogen and oxygen atoms in total.